The average Bonchev–Trinajstić information content (AvgIpc) is 2.72. The van der Waals surface area contributed by atoms with E-state index >= 15 is 0 Å². The molecule has 16 heavy (non-hydrogen) atoms. The number of aliphatic hydroxyl groups is 1. The fraction of sp³-hybridized carbons (Fsp3) is 1.00. The molecule has 2 unspecified atom stereocenters. The molecule has 2 heteroatoms. The van der Waals surface area contributed by atoms with E-state index in [9.17, 15) is 5.11 Å². The molecule has 94 valence electrons. The first kappa shape index (κ1) is 12.4. The van der Waals surface area contributed by atoms with Gasteiger partial charge in [-0.15, -0.1) is 0 Å². The summed E-state index contributed by atoms with van der Waals surface area (Å²) in [4.78, 5) is 0. The van der Waals surface area contributed by atoms with Crippen molar-refractivity contribution in [3.05, 3.63) is 0 Å². The Labute approximate surface area is 99.8 Å². The second-order valence-corrected chi connectivity index (χ2v) is 5.76. The number of nitrogens with one attached hydrogen (secondary N) is 1. The first-order chi connectivity index (χ1) is 7.86. The van der Waals surface area contributed by atoms with Crippen molar-refractivity contribution in [2.24, 2.45) is 11.8 Å². The molecule has 0 bridgehead atoms. The van der Waals surface area contributed by atoms with Gasteiger partial charge in [-0.2, -0.15) is 0 Å². The maximum absolute atomic E-state index is 9.70. The SMILES string of the molecule is OC1CCCC1CNCCC1CCCCC1. The van der Waals surface area contributed by atoms with Crippen LogP contribution in [0.1, 0.15) is 57.8 Å². The molecule has 0 saturated heterocycles. The Hall–Kier alpha value is -0.0800. The average molecular weight is 225 g/mol. The van der Waals surface area contributed by atoms with Gasteiger partial charge in [-0.1, -0.05) is 38.5 Å². The molecule has 0 radical (unpaired) electrons. The maximum atomic E-state index is 9.70. The summed E-state index contributed by atoms with van der Waals surface area (Å²) in [6.07, 6.45) is 12.0. The van der Waals surface area contributed by atoms with E-state index in [0.717, 1.165) is 25.4 Å². The van der Waals surface area contributed by atoms with Gasteiger partial charge in [0.25, 0.3) is 0 Å². The Bertz CT molecular complexity index is 189. The summed E-state index contributed by atoms with van der Waals surface area (Å²) < 4.78 is 0. The topological polar surface area (TPSA) is 32.3 Å². The van der Waals surface area contributed by atoms with Crippen LogP contribution >= 0.6 is 0 Å². The molecule has 2 aliphatic carbocycles. The predicted octanol–water partition coefficient (Wildman–Crippen LogP) is 2.71. The van der Waals surface area contributed by atoms with Gasteiger partial charge in [-0.3, -0.25) is 0 Å². The number of hydrogen-bond donors (Lipinski definition) is 2. The predicted molar refractivity (Wildman–Crippen MR) is 67.4 cm³/mol. The minimum atomic E-state index is -0.0258. The smallest absolute Gasteiger partial charge is 0.0580 e. The highest BCUT2D eigenvalue weighted by atomic mass is 16.3. The summed E-state index contributed by atoms with van der Waals surface area (Å²) in [6.45, 7) is 2.20. The van der Waals surface area contributed by atoms with E-state index in [2.05, 4.69) is 5.32 Å². The van der Waals surface area contributed by atoms with Gasteiger partial charge in [0, 0.05) is 6.54 Å². The van der Waals surface area contributed by atoms with E-state index < -0.39 is 0 Å². The molecule has 2 N–H and O–H groups in total. The van der Waals surface area contributed by atoms with Crippen molar-refractivity contribution in [1.29, 1.82) is 0 Å². The molecule has 0 amide bonds. The van der Waals surface area contributed by atoms with Crippen LogP contribution in [0.5, 0.6) is 0 Å². The number of rotatable bonds is 5. The highest BCUT2D eigenvalue weighted by molar-refractivity contribution is 4.78. The fourth-order valence-electron chi connectivity index (χ4n) is 3.32. The Morgan fingerprint density at radius 2 is 1.75 bits per heavy atom. The molecule has 0 aromatic rings. The molecule has 0 aromatic carbocycles. The third-order valence-corrected chi connectivity index (χ3v) is 4.48. The van der Waals surface area contributed by atoms with Crippen LogP contribution in [0.3, 0.4) is 0 Å². The molecule has 0 aromatic heterocycles. The van der Waals surface area contributed by atoms with Crippen molar-refractivity contribution < 1.29 is 5.11 Å². The molecular formula is C14H27NO. The van der Waals surface area contributed by atoms with Gasteiger partial charge in [0.15, 0.2) is 0 Å². The summed E-state index contributed by atoms with van der Waals surface area (Å²) in [5.41, 5.74) is 0. The van der Waals surface area contributed by atoms with Crippen LogP contribution < -0.4 is 5.32 Å². The second-order valence-electron chi connectivity index (χ2n) is 5.76. The van der Waals surface area contributed by atoms with Crippen LogP contribution in [0, 0.1) is 11.8 Å². The van der Waals surface area contributed by atoms with E-state index in [1.165, 1.54) is 51.4 Å². The van der Waals surface area contributed by atoms with Crippen LogP contribution in [0.2, 0.25) is 0 Å². The molecule has 2 fully saturated rings. The second kappa shape index (κ2) is 6.61. The largest absolute Gasteiger partial charge is 0.393 e. The normalized spacial score (nSPS) is 32.1. The molecule has 2 aliphatic rings. The monoisotopic (exact) mass is 225 g/mol. The molecule has 0 spiro atoms. The van der Waals surface area contributed by atoms with E-state index in [1.807, 2.05) is 0 Å². The molecule has 2 saturated carbocycles. The van der Waals surface area contributed by atoms with Crippen molar-refractivity contribution in [2.45, 2.75) is 63.9 Å². The van der Waals surface area contributed by atoms with Crippen molar-refractivity contribution in [3.63, 3.8) is 0 Å². The van der Waals surface area contributed by atoms with Crippen molar-refractivity contribution in [3.8, 4) is 0 Å². The zero-order valence-electron chi connectivity index (χ0n) is 10.5. The summed E-state index contributed by atoms with van der Waals surface area (Å²) in [5, 5.41) is 13.2. The quantitative estimate of drug-likeness (QED) is 0.705. The summed E-state index contributed by atoms with van der Waals surface area (Å²) in [7, 11) is 0. The lowest BCUT2D eigenvalue weighted by atomic mass is 9.87. The highest BCUT2D eigenvalue weighted by Crippen LogP contribution is 2.26. The third kappa shape index (κ3) is 3.74. The highest BCUT2D eigenvalue weighted by Gasteiger charge is 2.24. The number of hydrogen-bond acceptors (Lipinski definition) is 2. The van der Waals surface area contributed by atoms with Crippen molar-refractivity contribution in [1.82, 2.24) is 5.32 Å². The lowest BCUT2D eigenvalue weighted by molar-refractivity contribution is 0.131. The van der Waals surface area contributed by atoms with E-state index in [1.54, 1.807) is 0 Å². The standard InChI is InChI=1S/C14H27NO/c16-14-8-4-7-13(14)11-15-10-9-12-5-2-1-3-6-12/h12-16H,1-11H2. The minimum absolute atomic E-state index is 0.0258. The summed E-state index contributed by atoms with van der Waals surface area (Å²) in [5.74, 6) is 1.51. The van der Waals surface area contributed by atoms with Crippen LogP contribution in [0.25, 0.3) is 0 Å². The van der Waals surface area contributed by atoms with Gasteiger partial charge in [-0.25, -0.2) is 0 Å². The van der Waals surface area contributed by atoms with E-state index in [-0.39, 0.29) is 6.10 Å². The van der Waals surface area contributed by atoms with Gasteiger partial charge < -0.3 is 10.4 Å². The van der Waals surface area contributed by atoms with Gasteiger partial charge in [0.05, 0.1) is 6.10 Å². The zero-order chi connectivity index (χ0) is 11.2. The Balaban J connectivity index is 1.51. The summed E-state index contributed by atoms with van der Waals surface area (Å²) >= 11 is 0. The molecular weight excluding hydrogens is 198 g/mol. The lowest BCUT2D eigenvalue weighted by Crippen LogP contribution is -2.29. The van der Waals surface area contributed by atoms with Crippen molar-refractivity contribution >= 4 is 0 Å². The Kier molecular flexibility index (Phi) is 5.11. The van der Waals surface area contributed by atoms with Gasteiger partial charge in [0.1, 0.15) is 0 Å². The van der Waals surface area contributed by atoms with Crippen LogP contribution in [0.4, 0.5) is 0 Å². The molecule has 2 atom stereocenters. The molecule has 0 heterocycles. The fourth-order valence-corrected chi connectivity index (χ4v) is 3.32. The molecule has 0 aliphatic heterocycles. The van der Waals surface area contributed by atoms with E-state index in [4.69, 9.17) is 0 Å². The van der Waals surface area contributed by atoms with Gasteiger partial charge >= 0.3 is 0 Å². The zero-order valence-corrected chi connectivity index (χ0v) is 10.5. The summed E-state index contributed by atoms with van der Waals surface area (Å²) in [6, 6.07) is 0. The first-order valence-electron chi connectivity index (χ1n) is 7.25. The lowest BCUT2D eigenvalue weighted by Gasteiger charge is -2.22. The Morgan fingerprint density at radius 1 is 0.938 bits per heavy atom. The minimum Gasteiger partial charge on any atom is -0.393 e. The first-order valence-corrected chi connectivity index (χ1v) is 7.25. The van der Waals surface area contributed by atoms with E-state index in [0.29, 0.717) is 5.92 Å². The van der Waals surface area contributed by atoms with Crippen LogP contribution in [-0.2, 0) is 0 Å². The maximum Gasteiger partial charge on any atom is 0.0580 e. The third-order valence-electron chi connectivity index (χ3n) is 4.48. The number of aliphatic hydroxyl groups excluding tert-OH is 1. The van der Waals surface area contributed by atoms with Crippen LogP contribution in [-0.4, -0.2) is 24.3 Å². The van der Waals surface area contributed by atoms with Gasteiger partial charge in [0.2, 0.25) is 0 Å². The van der Waals surface area contributed by atoms with Gasteiger partial charge in [-0.05, 0) is 37.6 Å². The Morgan fingerprint density at radius 3 is 2.44 bits per heavy atom. The van der Waals surface area contributed by atoms with Crippen LogP contribution in [0.15, 0.2) is 0 Å². The molecule has 2 nitrogen and oxygen atoms in total. The van der Waals surface area contributed by atoms with Crippen molar-refractivity contribution in [2.75, 3.05) is 13.1 Å². The molecule has 2 rings (SSSR count).